The molecular formula is C28H29N5O3. The summed E-state index contributed by atoms with van der Waals surface area (Å²) in [5.41, 5.74) is 5.90. The standard InChI is InChI=1S/C28H29N5O3/c1-4-31-17-24(33(35)36)26(29-31)28(34)32-27(21-14-10-19(3)11-15-21)23-7-5-6-22(25(23)30-32)16-20-12-8-18(2)9-13-20/h8-17,23,27H,4-7H2,1-3H3/b22-16-/t23-,27+/m0/s1. The largest absolute Gasteiger partial charge is 0.320 e. The smallest absolute Gasteiger partial charge is 0.265 e. The van der Waals surface area contributed by atoms with Crippen molar-refractivity contribution in [2.45, 2.75) is 52.6 Å². The van der Waals surface area contributed by atoms with Crippen molar-refractivity contribution in [3.63, 3.8) is 0 Å². The molecule has 1 saturated carbocycles. The Hall–Kier alpha value is -4.07. The summed E-state index contributed by atoms with van der Waals surface area (Å²) in [6.07, 6.45) is 6.21. The molecule has 1 aliphatic carbocycles. The second kappa shape index (κ2) is 9.53. The molecule has 184 valence electrons. The first-order valence-electron chi connectivity index (χ1n) is 12.3. The molecule has 1 fully saturated rings. The molecule has 8 nitrogen and oxygen atoms in total. The summed E-state index contributed by atoms with van der Waals surface area (Å²) < 4.78 is 1.42. The lowest BCUT2D eigenvalue weighted by molar-refractivity contribution is -0.385. The van der Waals surface area contributed by atoms with Gasteiger partial charge in [0, 0.05) is 12.5 Å². The number of amides is 1. The molecule has 1 amide bonds. The van der Waals surface area contributed by atoms with Crippen molar-refractivity contribution in [2.75, 3.05) is 0 Å². The van der Waals surface area contributed by atoms with E-state index >= 15 is 0 Å². The van der Waals surface area contributed by atoms with E-state index in [1.54, 1.807) is 0 Å². The molecule has 5 rings (SSSR count). The molecule has 0 radical (unpaired) electrons. The van der Waals surface area contributed by atoms with Crippen molar-refractivity contribution in [3.05, 3.63) is 98.4 Å². The first-order chi connectivity index (χ1) is 17.4. The van der Waals surface area contributed by atoms with Crippen molar-refractivity contribution in [2.24, 2.45) is 11.0 Å². The summed E-state index contributed by atoms with van der Waals surface area (Å²) in [6.45, 7) is 6.33. The van der Waals surface area contributed by atoms with Crippen LogP contribution in [0.1, 0.15) is 65.0 Å². The number of nitrogens with zero attached hydrogens (tertiary/aromatic N) is 5. The van der Waals surface area contributed by atoms with E-state index in [-0.39, 0.29) is 23.3 Å². The number of aryl methyl sites for hydroxylation is 3. The highest BCUT2D eigenvalue weighted by Gasteiger charge is 2.45. The minimum Gasteiger partial charge on any atom is -0.265 e. The molecule has 0 unspecified atom stereocenters. The Morgan fingerprint density at radius 3 is 2.42 bits per heavy atom. The lowest BCUT2D eigenvalue weighted by Gasteiger charge is -2.29. The quantitative estimate of drug-likeness (QED) is 0.335. The molecule has 2 atom stereocenters. The van der Waals surface area contributed by atoms with Crippen LogP contribution in [0, 0.1) is 29.9 Å². The van der Waals surface area contributed by atoms with Crippen molar-refractivity contribution in [1.29, 1.82) is 0 Å². The maximum atomic E-state index is 13.8. The van der Waals surface area contributed by atoms with Crippen LogP contribution in [0.3, 0.4) is 0 Å². The second-order valence-corrected chi connectivity index (χ2v) is 9.55. The van der Waals surface area contributed by atoms with Gasteiger partial charge in [-0.15, -0.1) is 0 Å². The predicted octanol–water partition coefficient (Wildman–Crippen LogP) is 5.86. The molecule has 3 aromatic rings. The van der Waals surface area contributed by atoms with E-state index in [9.17, 15) is 14.9 Å². The average molecular weight is 484 g/mol. The zero-order valence-corrected chi connectivity index (χ0v) is 20.7. The van der Waals surface area contributed by atoms with Gasteiger partial charge in [0.1, 0.15) is 6.20 Å². The van der Waals surface area contributed by atoms with Crippen LogP contribution in [-0.4, -0.2) is 31.3 Å². The van der Waals surface area contributed by atoms with E-state index < -0.39 is 10.8 Å². The number of carbonyl (C=O) groups is 1. The van der Waals surface area contributed by atoms with E-state index in [1.165, 1.54) is 21.5 Å². The number of benzene rings is 2. The maximum absolute atomic E-state index is 13.8. The van der Waals surface area contributed by atoms with E-state index in [0.29, 0.717) is 6.54 Å². The third-order valence-corrected chi connectivity index (χ3v) is 7.01. The molecule has 0 spiro atoms. The number of rotatable bonds is 5. The molecule has 0 bridgehead atoms. The number of hydrogen-bond acceptors (Lipinski definition) is 5. The molecule has 8 heteroatoms. The lowest BCUT2D eigenvalue weighted by atomic mass is 9.77. The highest BCUT2D eigenvalue weighted by Crippen LogP contribution is 2.45. The molecule has 2 aliphatic rings. The van der Waals surface area contributed by atoms with Gasteiger partial charge in [-0.25, -0.2) is 5.01 Å². The Labute approximate surface area is 210 Å². The van der Waals surface area contributed by atoms with Gasteiger partial charge in [-0.05, 0) is 62.8 Å². The summed E-state index contributed by atoms with van der Waals surface area (Å²) in [6, 6.07) is 16.1. The van der Waals surface area contributed by atoms with Gasteiger partial charge in [-0.2, -0.15) is 10.2 Å². The Kier molecular flexibility index (Phi) is 6.26. The van der Waals surface area contributed by atoms with Crippen LogP contribution in [-0.2, 0) is 6.54 Å². The van der Waals surface area contributed by atoms with Crippen LogP contribution in [0.4, 0.5) is 5.69 Å². The third-order valence-electron chi connectivity index (χ3n) is 7.01. The van der Waals surface area contributed by atoms with Crippen LogP contribution in [0.15, 0.2) is 65.4 Å². The lowest BCUT2D eigenvalue weighted by Crippen LogP contribution is -2.32. The Morgan fingerprint density at radius 1 is 1.11 bits per heavy atom. The normalized spacial score (nSPS) is 20.4. The molecule has 0 N–H and O–H groups in total. The number of allylic oxidation sites excluding steroid dienone is 1. The minimum atomic E-state index is -0.549. The number of hydrazone groups is 1. The number of hydrogen-bond donors (Lipinski definition) is 0. The van der Waals surface area contributed by atoms with Gasteiger partial charge in [-0.3, -0.25) is 19.6 Å². The second-order valence-electron chi connectivity index (χ2n) is 9.55. The van der Waals surface area contributed by atoms with Gasteiger partial charge in [0.25, 0.3) is 0 Å². The van der Waals surface area contributed by atoms with Crippen molar-refractivity contribution in [3.8, 4) is 0 Å². The van der Waals surface area contributed by atoms with Crippen LogP contribution in [0.5, 0.6) is 0 Å². The predicted molar refractivity (Wildman–Crippen MR) is 139 cm³/mol. The van der Waals surface area contributed by atoms with Crippen LogP contribution < -0.4 is 0 Å². The van der Waals surface area contributed by atoms with Crippen molar-refractivity contribution in [1.82, 2.24) is 14.8 Å². The molecule has 36 heavy (non-hydrogen) atoms. The van der Waals surface area contributed by atoms with Crippen molar-refractivity contribution < 1.29 is 9.72 Å². The SMILES string of the molecule is CCn1cc([N+](=O)[O-])c(C(=O)N2N=C3/C(=C\c4ccc(C)cc4)CCC[C@@H]3[C@H]2c2ccc(C)cc2)n1. The summed E-state index contributed by atoms with van der Waals surface area (Å²) >= 11 is 0. The van der Waals surface area contributed by atoms with Crippen LogP contribution >= 0.6 is 0 Å². The van der Waals surface area contributed by atoms with Gasteiger partial charge in [0.15, 0.2) is 0 Å². The van der Waals surface area contributed by atoms with E-state index in [2.05, 4.69) is 42.4 Å². The summed E-state index contributed by atoms with van der Waals surface area (Å²) in [5.74, 6) is -0.537. The van der Waals surface area contributed by atoms with Gasteiger partial charge >= 0.3 is 11.6 Å². The molecule has 2 heterocycles. The van der Waals surface area contributed by atoms with Crippen LogP contribution in [0.25, 0.3) is 6.08 Å². The number of carbonyl (C=O) groups excluding carboxylic acids is 1. The molecular weight excluding hydrogens is 454 g/mol. The number of fused-ring (bicyclic) bond motifs is 1. The first kappa shape index (κ1) is 23.7. The van der Waals surface area contributed by atoms with E-state index in [0.717, 1.165) is 47.2 Å². The highest BCUT2D eigenvalue weighted by molar-refractivity contribution is 6.09. The molecule has 2 aromatic carbocycles. The summed E-state index contributed by atoms with van der Waals surface area (Å²) in [5, 5.41) is 22.3. The zero-order valence-electron chi connectivity index (χ0n) is 20.7. The van der Waals surface area contributed by atoms with E-state index in [4.69, 9.17) is 5.10 Å². The number of nitro groups is 1. The Balaban J connectivity index is 1.60. The topological polar surface area (TPSA) is 93.6 Å². The summed E-state index contributed by atoms with van der Waals surface area (Å²) in [7, 11) is 0. The van der Waals surface area contributed by atoms with E-state index in [1.807, 2.05) is 38.1 Å². The third kappa shape index (κ3) is 4.34. The zero-order chi connectivity index (χ0) is 25.4. The maximum Gasteiger partial charge on any atom is 0.320 e. The van der Waals surface area contributed by atoms with Gasteiger partial charge in [0.2, 0.25) is 5.69 Å². The fraction of sp³-hybridized carbons (Fsp3) is 0.321. The van der Waals surface area contributed by atoms with Crippen molar-refractivity contribution >= 4 is 23.4 Å². The molecule has 0 saturated heterocycles. The van der Waals surface area contributed by atoms with Gasteiger partial charge in [0.05, 0.1) is 16.7 Å². The Morgan fingerprint density at radius 2 is 1.78 bits per heavy atom. The number of aromatic nitrogens is 2. The molecule has 1 aliphatic heterocycles. The monoisotopic (exact) mass is 483 g/mol. The van der Waals surface area contributed by atoms with Gasteiger partial charge < -0.3 is 0 Å². The first-order valence-corrected chi connectivity index (χ1v) is 12.3. The van der Waals surface area contributed by atoms with Crippen LogP contribution in [0.2, 0.25) is 0 Å². The van der Waals surface area contributed by atoms with Gasteiger partial charge in [-0.1, -0.05) is 59.7 Å². The molecule has 1 aromatic heterocycles. The fourth-order valence-electron chi connectivity index (χ4n) is 5.10. The minimum absolute atomic E-state index is 0.00872. The average Bonchev–Trinajstić information content (AvgIpc) is 3.49. The highest BCUT2D eigenvalue weighted by atomic mass is 16.6. The summed E-state index contributed by atoms with van der Waals surface area (Å²) in [4.78, 5) is 25.0. The fourth-order valence-corrected chi connectivity index (χ4v) is 5.10. The Bertz CT molecular complexity index is 1370.